The number of para-hydroxylation sites is 1. The molecule has 1 atom stereocenters. The van der Waals surface area contributed by atoms with E-state index in [1.807, 2.05) is 19.1 Å². The molecule has 3 rings (SSSR count). The van der Waals surface area contributed by atoms with E-state index in [0.29, 0.717) is 33.6 Å². The number of rotatable bonds is 5. The Morgan fingerprint density at radius 3 is 2.70 bits per heavy atom. The Labute approximate surface area is 162 Å². The van der Waals surface area contributed by atoms with Gasteiger partial charge < -0.3 is 25.4 Å². The Hall–Kier alpha value is -3.13. The lowest BCUT2D eigenvalue weighted by atomic mass is 9.94. The molecule has 0 fully saturated rings. The zero-order valence-electron chi connectivity index (χ0n) is 15.2. The van der Waals surface area contributed by atoms with Crippen LogP contribution in [-0.2, 0) is 4.79 Å². The summed E-state index contributed by atoms with van der Waals surface area (Å²) in [7, 11) is 3.13. The number of methoxy groups -OCH3 is 2. The molecule has 27 heavy (non-hydrogen) atoms. The monoisotopic (exact) mass is 384 g/mol. The van der Waals surface area contributed by atoms with Gasteiger partial charge in [-0.25, -0.2) is 0 Å². The minimum absolute atomic E-state index is 0.266. The molecule has 1 aromatic carbocycles. The van der Waals surface area contributed by atoms with Crippen LogP contribution in [0.1, 0.15) is 18.5 Å². The third-order valence-electron chi connectivity index (χ3n) is 4.18. The molecule has 1 aromatic heterocycles. The van der Waals surface area contributed by atoms with Gasteiger partial charge >= 0.3 is 0 Å². The molecule has 0 saturated heterocycles. The molecule has 0 saturated carbocycles. The Morgan fingerprint density at radius 1 is 1.22 bits per heavy atom. The van der Waals surface area contributed by atoms with E-state index < -0.39 is 6.04 Å². The van der Waals surface area contributed by atoms with Gasteiger partial charge in [-0.2, -0.15) is 0 Å². The topological polar surface area (TPSA) is 84.5 Å². The fourth-order valence-corrected chi connectivity index (χ4v) is 3.27. The summed E-state index contributed by atoms with van der Waals surface area (Å²) in [5.74, 6) is 0.852. The fourth-order valence-electron chi connectivity index (χ4n) is 3.00. The molecule has 0 radical (unpaired) electrons. The largest absolute Gasteiger partial charge is 0.493 e. The second-order valence-corrected chi connectivity index (χ2v) is 6.26. The van der Waals surface area contributed by atoms with Gasteiger partial charge in [-0.05, 0) is 37.3 Å². The molecular formula is C19H20N4O3S. The minimum atomic E-state index is -0.500. The van der Waals surface area contributed by atoms with Crippen LogP contribution in [0.5, 0.6) is 11.5 Å². The van der Waals surface area contributed by atoms with Gasteiger partial charge in [0.25, 0.3) is 5.91 Å². The quantitative estimate of drug-likeness (QED) is 0.683. The first kappa shape index (κ1) is 18.7. The summed E-state index contributed by atoms with van der Waals surface area (Å²) in [6.45, 7) is 1.81. The molecule has 1 aliphatic heterocycles. The van der Waals surface area contributed by atoms with E-state index in [1.54, 1.807) is 44.8 Å². The molecule has 1 amide bonds. The molecular weight excluding hydrogens is 364 g/mol. The van der Waals surface area contributed by atoms with Gasteiger partial charge in [0.2, 0.25) is 0 Å². The SMILES string of the molecule is COc1cccc(C2NC(=S)NC(C)=C2C(=O)Nc2cccnc2)c1OC. The van der Waals surface area contributed by atoms with E-state index in [-0.39, 0.29) is 5.91 Å². The Balaban J connectivity index is 2.04. The molecule has 8 heteroatoms. The maximum Gasteiger partial charge on any atom is 0.255 e. The van der Waals surface area contributed by atoms with Crippen LogP contribution in [0.25, 0.3) is 0 Å². The summed E-state index contributed by atoms with van der Waals surface area (Å²) in [6.07, 6.45) is 3.23. The van der Waals surface area contributed by atoms with Crippen molar-refractivity contribution in [1.82, 2.24) is 15.6 Å². The van der Waals surface area contributed by atoms with Gasteiger partial charge in [0.1, 0.15) is 0 Å². The first-order chi connectivity index (χ1) is 13.0. The van der Waals surface area contributed by atoms with E-state index in [4.69, 9.17) is 21.7 Å². The summed E-state index contributed by atoms with van der Waals surface area (Å²) < 4.78 is 10.9. The number of carbonyl (C=O) groups is 1. The summed E-state index contributed by atoms with van der Waals surface area (Å²) in [5, 5.41) is 9.47. The average molecular weight is 384 g/mol. The Kier molecular flexibility index (Phi) is 5.56. The van der Waals surface area contributed by atoms with Crippen molar-refractivity contribution in [2.45, 2.75) is 13.0 Å². The summed E-state index contributed by atoms with van der Waals surface area (Å²) in [4.78, 5) is 17.1. The van der Waals surface area contributed by atoms with E-state index in [9.17, 15) is 4.79 Å². The van der Waals surface area contributed by atoms with Crippen LogP contribution in [0.2, 0.25) is 0 Å². The molecule has 1 aliphatic rings. The number of nitrogens with one attached hydrogen (secondary N) is 3. The minimum Gasteiger partial charge on any atom is -0.493 e. The van der Waals surface area contributed by atoms with Crippen molar-refractivity contribution in [3.05, 3.63) is 59.6 Å². The van der Waals surface area contributed by atoms with Crippen LogP contribution in [0.15, 0.2) is 54.0 Å². The van der Waals surface area contributed by atoms with E-state index in [2.05, 4.69) is 20.9 Å². The lowest BCUT2D eigenvalue weighted by molar-refractivity contribution is -0.113. The molecule has 0 bridgehead atoms. The second kappa shape index (κ2) is 8.05. The van der Waals surface area contributed by atoms with Crippen molar-refractivity contribution in [1.29, 1.82) is 0 Å². The number of carbonyl (C=O) groups excluding carboxylic acids is 1. The van der Waals surface area contributed by atoms with Crippen molar-refractivity contribution in [3.63, 3.8) is 0 Å². The van der Waals surface area contributed by atoms with Gasteiger partial charge in [0.15, 0.2) is 16.6 Å². The zero-order valence-corrected chi connectivity index (χ0v) is 16.0. The smallest absolute Gasteiger partial charge is 0.255 e. The maximum atomic E-state index is 13.0. The van der Waals surface area contributed by atoms with Crippen LogP contribution >= 0.6 is 12.2 Å². The highest BCUT2D eigenvalue weighted by Gasteiger charge is 2.32. The highest BCUT2D eigenvalue weighted by atomic mass is 32.1. The Bertz CT molecular complexity index is 899. The highest BCUT2D eigenvalue weighted by Crippen LogP contribution is 2.38. The number of aromatic nitrogens is 1. The van der Waals surface area contributed by atoms with Crippen LogP contribution in [-0.4, -0.2) is 30.2 Å². The first-order valence-corrected chi connectivity index (χ1v) is 8.66. The van der Waals surface area contributed by atoms with Crippen molar-refractivity contribution in [3.8, 4) is 11.5 Å². The lowest BCUT2D eigenvalue weighted by Gasteiger charge is -2.31. The van der Waals surface area contributed by atoms with Gasteiger partial charge in [0.05, 0.1) is 37.7 Å². The predicted octanol–water partition coefficient (Wildman–Crippen LogP) is 2.53. The maximum absolute atomic E-state index is 13.0. The third kappa shape index (κ3) is 3.85. The predicted molar refractivity (Wildman–Crippen MR) is 107 cm³/mol. The third-order valence-corrected chi connectivity index (χ3v) is 4.40. The van der Waals surface area contributed by atoms with Gasteiger partial charge in [-0.15, -0.1) is 0 Å². The normalized spacial score (nSPS) is 16.3. The van der Waals surface area contributed by atoms with E-state index >= 15 is 0 Å². The molecule has 0 aliphatic carbocycles. The molecule has 140 valence electrons. The Morgan fingerprint density at radius 2 is 2.04 bits per heavy atom. The van der Waals surface area contributed by atoms with Crippen molar-refractivity contribution >= 4 is 28.9 Å². The van der Waals surface area contributed by atoms with Crippen molar-refractivity contribution in [2.24, 2.45) is 0 Å². The molecule has 2 aromatic rings. The number of allylic oxidation sites excluding steroid dienone is 1. The number of pyridine rings is 1. The van der Waals surface area contributed by atoms with Crippen LogP contribution in [0.4, 0.5) is 5.69 Å². The molecule has 0 spiro atoms. The van der Waals surface area contributed by atoms with Gasteiger partial charge in [-0.1, -0.05) is 12.1 Å². The number of benzene rings is 1. The lowest BCUT2D eigenvalue weighted by Crippen LogP contribution is -2.45. The number of thiocarbonyl (C=S) groups is 1. The van der Waals surface area contributed by atoms with Gasteiger partial charge in [0, 0.05) is 17.5 Å². The van der Waals surface area contributed by atoms with Gasteiger partial charge in [-0.3, -0.25) is 9.78 Å². The second-order valence-electron chi connectivity index (χ2n) is 5.85. The number of nitrogens with zero attached hydrogens (tertiary/aromatic N) is 1. The van der Waals surface area contributed by atoms with E-state index in [1.165, 1.54) is 0 Å². The summed E-state index contributed by atoms with van der Waals surface area (Å²) >= 11 is 5.30. The average Bonchev–Trinajstić information content (AvgIpc) is 2.67. The first-order valence-electron chi connectivity index (χ1n) is 8.25. The number of amides is 1. The van der Waals surface area contributed by atoms with Crippen LogP contribution in [0.3, 0.4) is 0 Å². The van der Waals surface area contributed by atoms with Crippen LogP contribution < -0.4 is 25.4 Å². The number of hydrogen-bond donors (Lipinski definition) is 3. The summed E-state index contributed by atoms with van der Waals surface area (Å²) in [6, 6.07) is 8.54. The molecule has 2 heterocycles. The molecule has 3 N–H and O–H groups in total. The van der Waals surface area contributed by atoms with Crippen molar-refractivity contribution in [2.75, 3.05) is 19.5 Å². The standard InChI is InChI=1S/C19H20N4O3S/c1-11-15(18(24)22-12-6-5-9-20-10-12)16(23-19(27)21-11)13-7-4-8-14(25-2)17(13)26-3/h4-10,16H,1-3H3,(H,22,24)(H2,21,23,27). The molecule has 1 unspecified atom stereocenters. The molecule has 7 nitrogen and oxygen atoms in total. The number of hydrogen-bond acceptors (Lipinski definition) is 5. The van der Waals surface area contributed by atoms with Crippen LogP contribution in [0, 0.1) is 0 Å². The number of ether oxygens (including phenoxy) is 2. The van der Waals surface area contributed by atoms with Crippen molar-refractivity contribution < 1.29 is 14.3 Å². The zero-order chi connectivity index (χ0) is 19.4. The fraction of sp³-hybridized carbons (Fsp3) is 0.211. The highest BCUT2D eigenvalue weighted by molar-refractivity contribution is 7.80. The summed E-state index contributed by atoms with van der Waals surface area (Å²) in [5.41, 5.74) is 2.51. The number of anilines is 1. The van der Waals surface area contributed by atoms with E-state index in [0.717, 1.165) is 5.56 Å².